The van der Waals surface area contributed by atoms with Crippen molar-refractivity contribution in [1.29, 1.82) is 0 Å². The first-order valence-electron chi connectivity index (χ1n) is 8.46. The van der Waals surface area contributed by atoms with E-state index in [9.17, 15) is 22.4 Å². The summed E-state index contributed by atoms with van der Waals surface area (Å²) in [5, 5.41) is 0.394. The van der Waals surface area contributed by atoms with Crippen LogP contribution in [0.1, 0.15) is 30.9 Å². The van der Waals surface area contributed by atoms with Crippen LogP contribution in [0.15, 0.2) is 23.1 Å². The minimum Gasteiger partial charge on any atom is -0.469 e. The molecule has 9 heteroatoms. The van der Waals surface area contributed by atoms with Crippen LogP contribution in [0.25, 0.3) is 10.9 Å². The number of aromatic nitrogens is 1. The minimum absolute atomic E-state index is 0.112. The lowest BCUT2D eigenvalue weighted by Gasteiger charge is -2.08. The quantitative estimate of drug-likeness (QED) is 0.694. The van der Waals surface area contributed by atoms with Crippen LogP contribution in [0.5, 0.6) is 0 Å². The Morgan fingerprint density at radius 2 is 1.89 bits per heavy atom. The Morgan fingerprint density at radius 3 is 2.56 bits per heavy atom. The molecule has 0 amide bonds. The highest BCUT2D eigenvalue weighted by atomic mass is 32.2. The van der Waals surface area contributed by atoms with Gasteiger partial charge in [0, 0.05) is 23.5 Å². The van der Waals surface area contributed by atoms with Crippen LogP contribution >= 0.6 is 0 Å². The highest BCUT2D eigenvalue weighted by molar-refractivity contribution is 7.91. The number of methoxy groups -OCH3 is 2. The molecule has 27 heavy (non-hydrogen) atoms. The third kappa shape index (κ3) is 3.69. The first-order valence-corrected chi connectivity index (χ1v) is 10.1. The number of nitrogens with zero attached hydrogens (tertiary/aromatic N) is 1. The van der Waals surface area contributed by atoms with Crippen LogP contribution in [-0.4, -0.2) is 44.9 Å². The van der Waals surface area contributed by atoms with Gasteiger partial charge in [0.25, 0.3) is 0 Å². The van der Waals surface area contributed by atoms with Gasteiger partial charge in [0.2, 0.25) is 0 Å². The van der Waals surface area contributed by atoms with Crippen LogP contribution in [0.4, 0.5) is 4.39 Å². The number of halogens is 1. The van der Waals surface area contributed by atoms with Crippen molar-refractivity contribution in [2.45, 2.75) is 36.6 Å². The number of carbonyl (C=O) groups excluding carboxylic acids is 2. The van der Waals surface area contributed by atoms with Crippen molar-refractivity contribution >= 4 is 32.7 Å². The van der Waals surface area contributed by atoms with Crippen molar-refractivity contribution < 1.29 is 31.9 Å². The van der Waals surface area contributed by atoms with Gasteiger partial charge in [0.05, 0.1) is 43.2 Å². The standard InChI is InChI=1S/C18H20FNO6S/c1-25-17(21)4-6-27(23,24)16-9-12(19)8-15-13(16)10-14-11(3-5-20(14)15)7-18(22)26-2/h8-11H,3-7H2,1-2H3. The van der Waals surface area contributed by atoms with Crippen molar-refractivity contribution in [1.82, 2.24) is 4.57 Å². The average molecular weight is 397 g/mol. The molecule has 1 aliphatic heterocycles. The van der Waals surface area contributed by atoms with Gasteiger partial charge in [-0.1, -0.05) is 0 Å². The second kappa shape index (κ2) is 7.30. The van der Waals surface area contributed by atoms with Gasteiger partial charge >= 0.3 is 11.9 Å². The van der Waals surface area contributed by atoms with E-state index >= 15 is 0 Å². The molecule has 0 saturated heterocycles. The SMILES string of the molecule is COC(=O)CCS(=O)(=O)c1cc(F)cc2c1cc1n2CCC1CC(=O)OC. The minimum atomic E-state index is -3.89. The molecule has 3 rings (SSSR count). The second-order valence-corrected chi connectivity index (χ2v) is 8.55. The van der Waals surface area contributed by atoms with Crippen molar-refractivity contribution in [3.05, 3.63) is 29.7 Å². The molecule has 0 radical (unpaired) electrons. The molecule has 0 bridgehead atoms. The fourth-order valence-corrected chi connectivity index (χ4v) is 4.96. The largest absolute Gasteiger partial charge is 0.469 e. The fourth-order valence-electron chi connectivity index (χ4n) is 3.51. The second-order valence-electron chi connectivity index (χ2n) is 6.47. The number of aryl methyl sites for hydroxylation is 1. The smallest absolute Gasteiger partial charge is 0.306 e. The Hall–Kier alpha value is -2.42. The number of sulfone groups is 1. The van der Waals surface area contributed by atoms with E-state index in [1.54, 1.807) is 6.07 Å². The van der Waals surface area contributed by atoms with E-state index < -0.39 is 27.4 Å². The summed E-state index contributed by atoms with van der Waals surface area (Å²) in [5.41, 5.74) is 1.25. The molecule has 146 valence electrons. The number of rotatable bonds is 6. The number of hydrogen-bond donors (Lipinski definition) is 0. The predicted octanol–water partition coefficient (Wildman–Crippen LogP) is 2.17. The summed E-state index contributed by atoms with van der Waals surface area (Å²) >= 11 is 0. The van der Waals surface area contributed by atoms with E-state index in [2.05, 4.69) is 4.74 Å². The zero-order chi connectivity index (χ0) is 19.8. The summed E-state index contributed by atoms with van der Waals surface area (Å²) in [6.07, 6.45) is 0.566. The van der Waals surface area contributed by atoms with Crippen molar-refractivity contribution in [2.75, 3.05) is 20.0 Å². The summed E-state index contributed by atoms with van der Waals surface area (Å²) in [4.78, 5) is 22.8. The molecular weight excluding hydrogens is 377 g/mol. The van der Waals surface area contributed by atoms with Gasteiger partial charge in [-0.2, -0.15) is 0 Å². The number of fused-ring (bicyclic) bond motifs is 3. The van der Waals surface area contributed by atoms with Gasteiger partial charge < -0.3 is 14.0 Å². The Bertz CT molecular complexity index is 1010. The highest BCUT2D eigenvalue weighted by Crippen LogP contribution is 2.39. The zero-order valence-electron chi connectivity index (χ0n) is 15.0. The van der Waals surface area contributed by atoms with Gasteiger partial charge in [-0.15, -0.1) is 0 Å². The van der Waals surface area contributed by atoms with Gasteiger partial charge in [-0.3, -0.25) is 9.59 Å². The molecule has 0 N–H and O–H groups in total. The summed E-state index contributed by atoms with van der Waals surface area (Å²) in [7, 11) is -1.40. The molecule has 1 aromatic heterocycles. The number of carbonyl (C=O) groups is 2. The van der Waals surface area contributed by atoms with Gasteiger partial charge in [-0.25, -0.2) is 12.8 Å². The van der Waals surface area contributed by atoms with Crippen LogP contribution in [0, 0.1) is 5.82 Å². The molecule has 1 aromatic carbocycles. The molecule has 2 aromatic rings. The molecule has 7 nitrogen and oxygen atoms in total. The monoisotopic (exact) mass is 397 g/mol. The van der Waals surface area contributed by atoms with Crippen LogP contribution in [0.2, 0.25) is 0 Å². The maximum atomic E-state index is 14.2. The number of esters is 2. The summed E-state index contributed by atoms with van der Waals surface area (Å²) in [6.45, 7) is 0.561. The third-order valence-electron chi connectivity index (χ3n) is 4.88. The van der Waals surface area contributed by atoms with Crippen molar-refractivity contribution in [2.24, 2.45) is 0 Å². The Labute approximate surface area is 156 Å². The summed E-state index contributed by atoms with van der Waals surface area (Å²) in [5.74, 6) is -2.25. The molecule has 0 spiro atoms. The molecule has 2 heterocycles. The lowest BCUT2D eigenvalue weighted by atomic mass is 10.0. The molecular formula is C18H20FNO6S. The van der Waals surface area contributed by atoms with Gasteiger partial charge in [0.15, 0.2) is 9.84 Å². The van der Waals surface area contributed by atoms with Crippen molar-refractivity contribution in [3.8, 4) is 0 Å². The topological polar surface area (TPSA) is 91.7 Å². The van der Waals surface area contributed by atoms with Gasteiger partial charge in [0.1, 0.15) is 5.82 Å². The lowest BCUT2D eigenvalue weighted by Crippen LogP contribution is -2.13. The van der Waals surface area contributed by atoms with Crippen LogP contribution in [-0.2, 0) is 35.4 Å². The molecule has 1 aliphatic rings. The van der Waals surface area contributed by atoms with E-state index in [1.807, 2.05) is 4.57 Å². The van der Waals surface area contributed by atoms with E-state index in [-0.39, 0.29) is 29.6 Å². The van der Waals surface area contributed by atoms with E-state index in [1.165, 1.54) is 20.3 Å². The molecule has 1 unspecified atom stereocenters. The van der Waals surface area contributed by atoms with Crippen LogP contribution in [0.3, 0.4) is 0 Å². The van der Waals surface area contributed by atoms with E-state index in [0.29, 0.717) is 23.9 Å². The first kappa shape index (κ1) is 19.3. The third-order valence-corrected chi connectivity index (χ3v) is 6.63. The number of ether oxygens (including phenoxy) is 2. The molecule has 0 saturated carbocycles. The average Bonchev–Trinajstić information content (AvgIpc) is 3.19. The number of benzene rings is 1. The molecule has 0 fully saturated rings. The predicted molar refractivity (Wildman–Crippen MR) is 94.6 cm³/mol. The maximum Gasteiger partial charge on any atom is 0.306 e. The Morgan fingerprint density at radius 1 is 1.19 bits per heavy atom. The highest BCUT2D eigenvalue weighted by Gasteiger charge is 2.30. The first-order chi connectivity index (χ1) is 12.8. The van der Waals surface area contributed by atoms with Gasteiger partial charge in [-0.05, 0) is 24.6 Å². The summed E-state index contributed by atoms with van der Waals surface area (Å²) in [6, 6.07) is 3.96. The maximum absolute atomic E-state index is 14.2. The normalized spacial score (nSPS) is 16.3. The molecule has 1 atom stereocenters. The fraction of sp³-hybridized carbons (Fsp3) is 0.444. The summed E-state index contributed by atoms with van der Waals surface area (Å²) < 4.78 is 50.6. The van der Waals surface area contributed by atoms with E-state index in [4.69, 9.17) is 4.74 Å². The van der Waals surface area contributed by atoms with E-state index in [0.717, 1.165) is 11.8 Å². The van der Waals surface area contributed by atoms with Crippen LogP contribution < -0.4 is 0 Å². The lowest BCUT2D eigenvalue weighted by molar-refractivity contribution is -0.141. The Kier molecular flexibility index (Phi) is 5.23. The van der Waals surface area contributed by atoms with Crippen molar-refractivity contribution in [3.63, 3.8) is 0 Å². The molecule has 0 aliphatic carbocycles. The zero-order valence-corrected chi connectivity index (χ0v) is 15.8. The number of hydrogen-bond acceptors (Lipinski definition) is 6. The Balaban J connectivity index is 2.04.